The average molecular weight is 143 g/mol. The lowest BCUT2D eigenvalue weighted by molar-refractivity contribution is 0.334. The standard InChI is InChI=1S/C6H9NO3/c1-2-3-4-5-7-10-6(8)9-5/h2-4H2,1H3. The molecule has 10 heavy (non-hydrogen) atoms. The van der Waals surface area contributed by atoms with E-state index in [0.29, 0.717) is 12.3 Å². The van der Waals surface area contributed by atoms with E-state index in [1.807, 2.05) is 0 Å². The summed E-state index contributed by atoms with van der Waals surface area (Å²) in [4.78, 5) is 10.3. The summed E-state index contributed by atoms with van der Waals surface area (Å²) in [6.07, 6.45) is 2.70. The number of nitrogens with zero attached hydrogens (tertiary/aromatic N) is 1. The summed E-state index contributed by atoms with van der Waals surface area (Å²) >= 11 is 0. The second kappa shape index (κ2) is 3.20. The number of aromatic nitrogens is 1. The molecule has 1 heterocycles. The van der Waals surface area contributed by atoms with E-state index in [-0.39, 0.29) is 0 Å². The van der Waals surface area contributed by atoms with Crippen molar-refractivity contribution >= 4 is 0 Å². The van der Waals surface area contributed by atoms with Crippen molar-refractivity contribution in [1.29, 1.82) is 0 Å². The second-order valence-corrected chi connectivity index (χ2v) is 2.03. The molecule has 1 aromatic rings. The van der Waals surface area contributed by atoms with Crippen LogP contribution in [0.3, 0.4) is 0 Å². The molecular weight excluding hydrogens is 134 g/mol. The highest BCUT2D eigenvalue weighted by Gasteiger charge is 2.00. The van der Waals surface area contributed by atoms with E-state index >= 15 is 0 Å². The van der Waals surface area contributed by atoms with Gasteiger partial charge in [0.05, 0.1) is 0 Å². The molecule has 0 radical (unpaired) electrons. The van der Waals surface area contributed by atoms with Crippen LogP contribution in [0.1, 0.15) is 25.7 Å². The third-order valence-electron chi connectivity index (χ3n) is 1.17. The zero-order valence-electron chi connectivity index (χ0n) is 5.79. The summed E-state index contributed by atoms with van der Waals surface area (Å²) in [5.74, 6) is -0.321. The third kappa shape index (κ3) is 1.72. The first kappa shape index (κ1) is 7.05. The van der Waals surface area contributed by atoms with Gasteiger partial charge in [-0.2, -0.15) is 0 Å². The Labute approximate surface area is 57.8 Å². The van der Waals surface area contributed by atoms with Crippen LogP contribution in [0, 0.1) is 0 Å². The van der Waals surface area contributed by atoms with Crippen molar-refractivity contribution in [3.63, 3.8) is 0 Å². The Bertz CT molecular complexity index is 237. The highest BCUT2D eigenvalue weighted by molar-refractivity contribution is 4.69. The lowest BCUT2D eigenvalue weighted by atomic mass is 10.2. The summed E-state index contributed by atoms with van der Waals surface area (Å²) in [6.45, 7) is 2.05. The van der Waals surface area contributed by atoms with Crippen molar-refractivity contribution < 1.29 is 8.94 Å². The van der Waals surface area contributed by atoms with E-state index in [9.17, 15) is 4.79 Å². The molecule has 56 valence electrons. The number of aryl methyl sites for hydroxylation is 1. The molecule has 0 aromatic carbocycles. The maximum absolute atomic E-state index is 10.3. The van der Waals surface area contributed by atoms with E-state index in [1.165, 1.54) is 0 Å². The topological polar surface area (TPSA) is 56.2 Å². The minimum Gasteiger partial charge on any atom is -0.375 e. The Morgan fingerprint density at radius 2 is 2.40 bits per heavy atom. The highest BCUT2D eigenvalue weighted by atomic mass is 16.6. The molecule has 0 amide bonds. The maximum Gasteiger partial charge on any atom is 0.542 e. The number of rotatable bonds is 3. The third-order valence-corrected chi connectivity index (χ3v) is 1.17. The van der Waals surface area contributed by atoms with Crippen LogP contribution in [-0.4, -0.2) is 5.16 Å². The van der Waals surface area contributed by atoms with Crippen molar-refractivity contribution in [2.24, 2.45) is 0 Å². The fourth-order valence-electron chi connectivity index (χ4n) is 0.646. The van der Waals surface area contributed by atoms with E-state index in [1.54, 1.807) is 0 Å². The molecule has 0 aliphatic heterocycles. The molecule has 0 aliphatic carbocycles. The molecule has 0 unspecified atom stereocenters. The zero-order chi connectivity index (χ0) is 7.40. The lowest BCUT2D eigenvalue weighted by Crippen LogP contribution is -1.87. The largest absolute Gasteiger partial charge is 0.542 e. The molecule has 1 aromatic heterocycles. The lowest BCUT2D eigenvalue weighted by Gasteiger charge is -1.85. The molecule has 4 heteroatoms. The van der Waals surface area contributed by atoms with Gasteiger partial charge >= 0.3 is 5.82 Å². The van der Waals surface area contributed by atoms with Crippen LogP contribution in [0.2, 0.25) is 0 Å². The molecule has 4 nitrogen and oxygen atoms in total. The fourth-order valence-corrected chi connectivity index (χ4v) is 0.646. The van der Waals surface area contributed by atoms with Crippen LogP contribution in [0.4, 0.5) is 0 Å². The van der Waals surface area contributed by atoms with E-state index in [0.717, 1.165) is 12.8 Å². The Kier molecular flexibility index (Phi) is 2.25. The van der Waals surface area contributed by atoms with Crippen LogP contribution in [0.5, 0.6) is 0 Å². The Hall–Kier alpha value is -1.06. The van der Waals surface area contributed by atoms with Gasteiger partial charge in [0.1, 0.15) is 0 Å². The van der Waals surface area contributed by atoms with Crippen LogP contribution >= 0.6 is 0 Å². The predicted molar refractivity (Wildman–Crippen MR) is 33.7 cm³/mol. The molecule has 0 spiro atoms. The van der Waals surface area contributed by atoms with Crippen molar-refractivity contribution in [3.05, 3.63) is 16.5 Å². The minimum absolute atomic E-state index is 0.395. The molecule has 0 saturated carbocycles. The monoisotopic (exact) mass is 143 g/mol. The quantitative estimate of drug-likeness (QED) is 0.632. The maximum atomic E-state index is 10.3. The van der Waals surface area contributed by atoms with Gasteiger partial charge < -0.3 is 4.42 Å². The second-order valence-electron chi connectivity index (χ2n) is 2.03. The Morgan fingerprint density at radius 3 is 2.90 bits per heavy atom. The normalized spacial score (nSPS) is 10.1. The summed E-state index contributed by atoms with van der Waals surface area (Å²) in [6, 6.07) is 0. The molecular formula is C6H9NO3. The van der Waals surface area contributed by atoms with Crippen LogP contribution in [0.15, 0.2) is 13.7 Å². The molecule has 0 aliphatic rings. The summed E-state index contributed by atoms with van der Waals surface area (Å²) in [5.41, 5.74) is 0. The van der Waals surface area contributed by atoms with Crippen LogP contribution in [-0.2, 0) is 6.42 Å². The Balaban J connectivity index is 2.50. The predicted octanol–water partition coefficient (Wildman–Crippen LogP) is 0.970. The fraction of sp³-hybridized carbons (Fsp3) is 0.667. The number of hydrogen-bond donors (Lipinski definition) is 0. The van der Waals surface area contributed by atoms with E-state index < -0.39 is 5.82 Å². The van der Waals surface area contributed by atoms with Gasteiger partial charge in [-0.1, -0.05) is 13.3 Å². The van der Waals surface area contributed by atoms with Gasteiger partial charge in [0, 0.05) is 6.42 Å². The van der Waals surface area contributed by atoms with E-state index in [4.69, 9.17) is 0 Å². The first-order chi connectivity index (χ1) is 4.83. The van der Waals surface area contributed by atoms with E-state index in [2.05, 4.69) is 21.0 Å². The summed E-state index contributed by atoms with van der Waals surface area (Å²) in [7, 11) is 0. The minimum atomic E-state index is -0.717. The van der Waals surface area contributed by atoms with Gasteiger partial charge in [-0.05, 0) is 11.6 Å². The first-order valence-electron chi connectivity index (χ1n) is 3.28. The average Bonchev–Trinajstić information content (AvgIpc) is 2.31. The molecule has 0 fully saturated rings. The van der Waals surface area contributed by atoms with Crippen molar-refractivity contribution in [1.82, 2.24) is 5.16 Å². The zero-order valence-corrected chi connectivity index (χ0v) is 5.79. The van der Waals surface area contributed by atoms with Gasteiger partial charge in [-0.25, -0.2) is 4.79 Å². The van der Waals surface area contributed by atoms with Crippen molar-refractivity contribution in [2.75, 3.05) is 0 Å². The molecule has 0 saturated heterocycles. The van der Waals surface area contributed by atoms with Crippen LogP contribution in [0.25, 0.3) is 0 Å². The van der Waals surface area contributed by atoms with Gasteiger partial charge in [0.2, 0.25) is 5.89 Å². The highest BCUT2D eigenvalue weighted by Crippen LogP contribution is 1.97. The molecule has 0 atom stereocenters. The smallest absolute Gasteiger partial charge is 0.375 e. The summed E-state index contributed by atoms with van der Waals surface area (Å²) < 4.78 is 8.74. The number of unbranched alkanes of at least 4 members (excludes halogenated alkanes) is 1. The molecule has 1 rings (SSSR count). The van der Waals surface area contributed by atoms with Gasteiger partial charge in [-0.3, -0.25) is 4.52 Å². The van der Waals surface area contributed by atoms with Crippen molar-refractivity contribution in [3.8, 4) is 0 Å². The van der Waals surface area contributed by atoms with Gasteiger partial charge in [0.25, 0.3) is 0 Å². The first-order valence-corrected chi connectivity index (χ1v) is 3.28. The van der Waals surface area contributed by atoms with Gasteiger partial charge in [-0.15, -0.1) is 0 Å². The van der Waals surface area contributed by atoms with Crippen LogP contribution < -0.4 is 5.82 Å². The number of hydrogen-bond acceptors (Lipinski definition) is 4. The van der Waals surface area contributed by atoms with Crippen molar-refractivity contribution in [2.45, 2.75) is 26.2 Å². The molecule has 0 N–H and O–H groups in total. The van der Waals surface area contributed by atoms with Gasteiger partial charge in [0.15, 0.2) is 0 Å². The summed E-state index contributed by atoms with van der Waals surface area (Å²) in [5, 5.41) is 3.40. The Morgan fingerprint density at radius 1 is 1.60 bits per heavy atom. The molecule has 0 bridgehead atoms. The SMILES string of the molecule is CCCCc1noc(=O)o1.